The Morgan fingerprint density at radius 1 is 1.25 bits per heavy atom. The van der Waals surface area contributed by atoms with E-state index in [1.54, 1.807) is 11.1 Å². The van der Waals surface area contributed by atoms with Crippen molar-refractivity contribution in [3.63, 3.8) is 0 Å². The molecule has 32 heavy (non-hydrogen) atoms. The van der Waals surface area contributed by atoms with Crippen molar-refractivity contribution < 1.29 is 23.5 Å². The molecule has 1 spiro atoms. The number of amidine groups is 1. The smallest absolute Gasteiger partial charge is 0.323 e. The van der Waals surface area contributed by atoms with Gasteiger partial charge in [0.25, 0.3) is 0 Å². The van der Waals surface area contributed by atoms with Gasteiger partial charge in [-0.05, 0) is 55.7 Å². The first-order chi connectivity index (χ1) is 15.3. The Morgan fingerprint density at radius 2 is 1.91 bits per heavy atom. The maximum atomic E-state index is 13.6. The highest BCUT2D eigenvalue weighted by molar-refractivity contribution is 8.07. The van der Waals surface area contributed by atoms with Crippen LogP contribution < -0.4 is 5.32 Å². The molecule has 2 N–H and O–H groups in total. The Morgan fingerprint density at radius 3 is 2.53 bits per heavy atom. The van der Waals surface area contributed by atoms with E-state index < -0.39 is 22.5 Å². The fourth-order valence-electron chi connectivity index (χ4n) is 5.10. The van der Waals surface area contributed by atoms with Gasteiger partial charge in [0.15, 0.2) is 5.78 Å². The summed E-state index contributed by atoms with van der Waals surface area (Å²) in [5.74, 6) is -0.888. The fraction of sp³-hybridized carbons (Fsp3) is 0.522. The standard InChI is InChI=1S/C23H25F2N3O3S/c1-12-2-4-16(5-3-12)28(7-6-13-8-14(24)10-15(25)9-13)22(31)27-21-18-17(11-26-21)32-23(18)19(29)20(23)30/h8-12,16,18-19,29H,2-7H2,1H3,(H,26,27,31). The molecular weight excluding hydrogens is 436 g/mol. The van der Waals surface area contributed by atoms with E-state index in [1.165, 1.54) is 23.9 Å². The molecule has 0 aromatic heterocycles. The van der Waals surface area contributed by atoms with Crippen molar-refractivity contribution in [3.8, 4) is 0 Å². The fourth-order valence-corrected chi connectivity index (χ4v) is 6.55. The highest BCUT2D eigenvalue weighted by Crippen LogP contribution is 2.67. The Hall–Kier alpha value is -2.26. The van der Waals surface area contributed by atoms with E-state index in [2.05, 4.69) is 17.2 Å². The average Bonchev–Trinajstić information content (AvgIpc) is 3.10. The first-order valence-electron chi connectivity index (χ1n) is 11.0. The molecule has 3 fully saturated rings. The SMILES string of the molecule is CC1CCC(N(CCc2cc(F)cc(F)c2)C(=O)NC2=NC=C3SC4(C(=O)C4O)C32)CC1. The second-order valence-corrected chi connectivity index (χ2v) is 10.6. The van der Waals surface area contributed by atoms with Crippen molar-refractivity contribution in [2.45, 2.75) is 55.9 Å². The number of carbonyl (C=O) groups excluding carboxylic acids is 2. The Bertz CT molecular complexity index is 1020. The number of ketones is 1. The molecule has 170 valence electrons. The van der Waals surface area contributed by atoms with Gasteiger partial charge in [0.05, 0.1) is 5.92 Å². The molecule has 2 amide bonds. The molecular formula is C23H25F2N3O3S. The lowest BCUT2D eigenvalue weighted by molar-refractivity contribution is -0.113. The van der Waals surface area contributed by atoms with Crippen molar-refractivity contribution >= 4 is 29.4 Å². The van der Waals surface area contributed by atoms with E-state index in [-0.39, 0.29) is 23.8 Å². The second kappa shape index (κ2) is 7.95. The molecule has 4 aliphatic rings. The molecule has 2 heterocycles. The average molecular weight is 462 g/mol. The molecule has 0 bridgehead atoms. The number of hydrogen-bond acceptors (Lipinski definition) is 5. The summed E-state index contributed by atoms with van der Waals surface area (Å²) in [5, 5.41) is 12.8. The molecule has 1 aromatic carbocycles. The number of urea groups is 1. The molecule has 5 rings (SSSR count). The Balaban J connectivity index is 1.30. The zero-order valence-corrected chi connectivity index (χ0v) is 18.5. The van der Waals surface area contributed by atoms with Crippen molar-refractivity contribution in [1.82, 2.24) is 10.2 Å². The van der Waals surface area contributed by atoms with Gasteiger partial charge in [-0.2, -0.15) is 0 Å². The van der Waals surface area contributed by atoms with Crippen molar-refractivity contribution in [2.24, 2.45) is 16.8 Å². The lowest BCUT2D eigenvalue weighted by Crippen LogP contribution is -2.53. The van der Waals surface area contributed by atoms with E-state index in [0.29, 0.717) is 30.3 Å². The minimum atomic E-state index is -1.02. The van der Waals surface area contributed by atoms with Gasteiger partial charge in [-0.15, -0.1) is 11.8 Å². The van der Waals surface area contributed by atoms with E-state index >= 15 is 0 Å². The van der Waals surface area contributed by atoms with Crippen LogP contribution in [0, 0.1) is 23.5 Å². The third-order valence-corrected chi connectivity index (χ3v) is 8.62. The predicted molar refractivity (Wildman–Crippen MR) is 117 cm³/mol. The van der Waals surface area contributed by atoms with Crippen LogP contribution in [0.2, 0.25) is 0 Å². The third-order valence-electron chi connectivity index (χ3n) is 7.05. The number of amides is 2. The van der Waals surface area contributed by atoms with Crippen LogP contribution in [0.25, 0.3) is 0 Å². The number of thioether (sulfide) groups is 1. The summed E-state index contributed by atoms with van der Waals surface area (Å²) in [4.78, 5) is 32.2. The van der Waals surface area contributed by atoms with Gasteiger partial charge in [-0.1, -0.05) is 6.92 Å². The molecule has 2 saturated carbocycles. The predicted octanol–water partition coefficient (Wildman–Crippen LogP) is 3.40. The Labute approximate surface area is 189 Å². The van der Waals surface area contributed by atoms with Crippen molar-refractivity contribution in [2.75, 3.05) is 6.54 Å². The highest BCUT2D eigenvalue weighted by Gasteiger charge is 2.78. The quantitative estimate of drug-likeness (QED) is 0.720. The number of aliphatic hydroxyl groups is 1. The van der Waals surface area contributed by atoms with Crippen LogP contribution in [0.1, 0.15) is 38.2 Å². The molecule has 2 aliphatic heterocycles. The number of aliphatic imine (C=N–C) groups is 1. The number of hydrogen-bond donors (Lipinski definition) is 2. The molecule has 6 nitrogen and oxygen atoms in total. The molecule has 0 radical (unpaired) electrons. The van der Waals surface area contributed by atoms with Crippen molar-refractivity contribution in [3.05, 3.63) is 46.5 Å². The summed E-state index contributed by atoms with van der Waals surface area (Å²) in [6.07, 6.45) is 4.69. The number of benzene rings is 1. The summed E-state index contributed by atoms with van der Waals surface area (Å²) in [7, 11) is 0. The van der Waals surface area contributed by atoms with E-state index in [4.69, 9.17) is 0 Å². The van der Waals surface area contributed by atoms with Gasteiger partial charge >= 0.3 is 6.03 Å². The van der Waals surface area contributed by atoms with Crippen LogP contribution >= 0.6 is 11.8 Å². The van der Waals surface area contributed by atoms with E-state index in [1.807, 2.05) is 0 Å². The van der Waals surface area contributed by atoms with Gasteiger partial charge in [0.1, 0.15) is 28.3 Å². The maximum absolute atomic E-state index is 13.6. The summed E-state index contributed by atoms with van der Waals surface area (Å²) in [6, 6.07) is 3.10. The van der Waals surface area contributed by atoms with Crippen LogP contribution in [0.5, 0.6) is 0 Å². The first kappa shape index (κ1) is 21.6. The molecule has 3 atom stereocenters. The number of fused-ring (bicyclic) bond motifs is 2. The second-order valence-electron chi connectivity index (χ2n) is 9.21. The molecule has 1 aromatic rings. The largest absolute Gasteiger partial charge is 0.383 e. The van der Waals surface area contributed by atoms with E-state index in [0.717, 1.165) is 36.7 Å². The summed E-state index contributed by atoms with van der Waals surface area (Å²) in [6.45, 7) is 2.51. The number of nitrogens with one attached hydrogen (secondary N) is 1. The normalized spacial score (nSPS) is 32.7. The van der Waals surface area contributed by atoms with Gasteiger partial charge in [-0.3, -0.25) is 10.1 Å². The summed E-state index contributed by atoms with van der Waals surface area (Å²) >= 11 is 1.32. The number of Topliss-reactive ketones (excluding diaryl/α,β-unsaturated/α-hetero) is 1. The number of aliphatic hydroxyl groups excluding tert-OH is 1. The van der Waals surface area contributed by atoms with Crippen LogP contribution in [-0.4, -0.2) is 51.1 Å². The molecule has 2 aliphatic carbocycles. The van der Waals surface area contributed by atoms with Gasteiger partial charge in [0.2, 0.25) is 0 Å². The number of carbonyl (C=O) groups is 2. The topological polar surface area (TPSA) is 82.0 Å². The monoisotopic (exact) mass is 461 g/mol. The van der Waals surface area contributed by atoms with Crippen LogP contribution in [0.4, 0.5) is 13.6 Å². The minimum Gasteiger partial charge on any atom is -0.383 e. The van der Waals surface area contributed by atoms with Crippen molar-refractivity contribution in [1.29, 1.82) is 0 Å². The number of nitrogens with zero attached hydrogens (tertiary/aromatic N) is 2. The van der Waals surface area contributed by atoms with Gasteiger partial charge in [0, 0.05) is 29.8 Å². The molecule has 1 saturated heterocycles. The third kappa shape index (κ3) is 3.55. The summed E-state index contributed by atoms with van der Waals surface area (Å²) < 4.78 is 26.3. The minimum absolute atomic E-state index is 0.0249. The maximum Gasteiger partial charge on any atom is 0.323 e. The van der Waals surface area contributed by atoms with E-state index in [9.17, 15) is 23.5 Å². The molecule has 3 unspecified atom stereocenters. The lowest BCUT2D eigenvalue weighted by atomic mass is 9.86. The Kier molecular flexibility index (Phi) is 5.36. The first-order valence-corrected chi connectivity index (χ1v) is 11.8. The van der Waals surface area contributed by atoms with Gasteiger partial charge < -0.3 is 10.0 Å². The summed E-state index contributed by atoms with van der Waals surface area (Å²) in [5.41, 5.74) is 0.493. The molecule has 9 heteroatoms. The lowest BCUT2D eigenvalue weighted by Gasteiger charge is -2.38. The van der Waals surface area contributed by atoms with Crippen LogP contribution in [0.15, 0.2) is 34.3 Å². The van der Waals surface area contributed by atoms with Gasteiger partial charge in [-0.25, -0.2) is 18.6 Å². The zero-order chi connectivity index (χ0) is 22.6. The zero-order valence-electron chi connectivity index (χ0n) is 17.7. The van der Waals surface area contributed by atoms with Crippen LogP contribution in [0.3, 0.4) is 0 Å². The number of rotatable bonds is 4. The number of halogens is 2. The van der Waals surface area contributed by atoms with Crippen LogP contribution in [-0.2, 0) is 11.2 Å². The highest BCUT2D eigenvalue weighted by atomic mass is 32.2.